The number of nitrogens with zero attached hydrogens (tertiary/aromatic N) is 3. The number of benzene rings is 3. The van der Waals surface area contributed by atoms with Crippen LogP contribution in [0.1, 0.15) is 29.0 Å². The average molecular weight is 552 g/mol. The third-order valence-corrected chi connectivity index (χ3v) is 7.72. The van der Waals surface area contributed by atoms with Crippen LogP contribution in [0.5, 0.6) is 0 Å². The molecule has 4 aromatic rings. The van der Waals surface area contributed by atoms with E-state index in [2.05, 4.69) is 55.4 Å². The van der Waals surface area contributed by atoms with Gasteiger partial charge in [-0.15, -0.1) is 0 Å². The van der Waals surface area contributed by atoms with Crippen LogP contribution in [-0.2, 0) is 6.42 Å². The normalized spacial score (nSPS) is 16.4. The first kappa shape index (κ1) is 26.9. The van der Waals surface area contributed by atoms with E-state index in [0.29, 0.717) is 11.6 Å². The van der Waals surface area contributed by atoms with E-state index in [-0.39, 0.29) is 11.6 Å². The molecule has 1 aromatic heterocycles. The predicted octanol–water partition coefficient (Wildman–Crippen LogP) is 5.32. The summed E-state index contributed by atoms with van der Waals surface area (Å²) in [6, 6.07) is 21.8. The SMILES string of the molecule is O=C(Nc1ccc(C2Cc3cnc(NCCCN4CCNCC4)nc3-c3ccccc32)cc1)Nc1ccccc1F. The molecule has 0 radical (unpaired) electrons. The largest absolute Gasteiger partial charge is 0.354 e. The molecule has 1 unspecified atom stereocenters. The Morgan fingerprint density at radius 3 is 2.59 bits per heavy atom. The number of halogens is 1. The van der Waals surface area contributed by atoms with Crippen molar-refractivity contribution in [1.29, 1.82) is 0 Å². The van der Waals surface area contributed by atoms with Gasteiger partial charge in [-0.1, -0.05) is 48.5 Å². The molecule has 4 N–H and O–H groups in total. The fourth-order valence-corrected chi connectivity index (χ4v) is 5.60. The predicted molar refractivity (Wildman–Crippen MR) is 161 cm³/mol. The van der Waals surface area contributed by atoms with Gasteiger partial charge >= 0.3 is 6.03 Å². The van der Waals surface area contributed by atoms with E-state index < -0.39 is 11.8 Å². The van der Waals surface area contributed by atoms with Crippen molar-refractivity contribution in [2.24, 2.45) is 0 Å². The molecule has 8 nitrogen and oxygen atoms in total. The Kier molecular flexibility index (Phi) is 8.16. The highest BCUT2D eigenvalue weighted by Gasteiger charge is 2.27. The van der Waals surface area contributed by atoms with Crippen molar-refractivity contribution in [2.75, 3.05) is 55.2 Å². The minimum absolute atomic E-state index is 0.134. The van der Waals surface area contributed by atoms with Gasteiger partial charge in [-0.25, -0.2) is 19.2 Å². The van der Waals surface area contributed by atoms with Crippen molar-refractivity contribution in [3.8, 4) is 11.3 Å². The molecular weight excluding hydrogens is 517 g/mol. The number of hydrogen-bond acceptors (Lipinski definition) is 6. The fraction of sp³-hybridized carbons (Fsp3) is 0.281. The van der Waals surface area contributed by atoms with Crippen molar-refractivity contribution < 1.29 is 9.18 Å². The van der Waals surface area contributed by atoms with Gasteiger partial charge in [0, 0.05) is 56.1 Å². The lowest BCUT2D eigenvalue weighted by Gasteiger charge is -2.28. The molecule has 41 heavy (non-hydrogen) atoms. The smallest absolute Gasteiger partial charge is 0.323 e. The molecule has 0 saturated carbocycles. The molecule has 0 spiro atoms. The van der Waals surface area contributed by atoms with E-state index in [1.807, 2.05) is 30.5 Å². The summed E-state index contributed by atoms with van der Waals surface area (Å²) in [5.41, 5.74) is 6.35. The molecule has 1 aliphatic heterocycles. The first-order valence-corrected chi connectivity index (χ1v) is 14.2. The van der Waals surface area contributed by atoms with Crippen LogP contribution in [0.15, 0.2) is 79.0 Å². The summed E-state index contributed by atoms with van der Waals surface area (Å²) in [4.78, 5) is 24.4. The molecule has 1 atom stereocenters. The molecule has 1 saturated heterocycles. The Hall–Kier alpha value is -4.34. The zero-order chi connectivity index (χ0) is 28.0. The lowest BCUT2D eigenvalue weighted by atomic mass is 9.78. The van der Waals surface area contributed by atoms with E-state index in [1.54, 1.807) is 12.1 Å². The number of fused-ring (bicyclic) bond motifs is 3. The summed E-state index contributed by atoms with van der Waals surface area (Å²) in [7, 11) is 0. The molecule has 2 heterocycles. The number of para-hydroxylation sites is 1. The topological polar surface area (TPSA) is 94.2 Å². The van der Waals surface area contributed by atoms with E-state index >= 15 is 0 Å². The van der Waals surface area contributed by atoms with Crippen molar-refractivity contribution >= 4 is 23.4 Å². The van der Waals surface area contributed by atoms with Crippen LogP contribution in [0.3, 0.4) is 0 Å². The first-order chi connectivity index (χ1) is 20.1. The van der Waals surface area contributed by atoms with Crippen LogP contribution >= 0.6 is 0 Å². The molecule has 1 aliphatic carbocycles. The van der Waals surface area contributed by atoms with Crippen LogP contribution in [-0.4, -0.2) is 60.2 Å². The summed E-state index contributed by atoms with van der Waals surface area (Å²) >= 11 is 0. The molecule has 3 aromatic carbocycles. The number of amides is 2. The van der Waals surface area contributed by atoms with Gasteiger partial charge in [0.05, 0.1) is 11.4 Å². The summed E-state index contributed by atoms with van der Waals surface area (Å²) in [5.74, 6) is 0.328. The van der Waals surface area contributed by atoms with Gasteiger partial charge in [-0.2, -0.15) is 0 Å². The van der Waals surface area contributed by atoms with Crippen LogP contribution in [0.4, 0.5) is 26.5 Å². The van der Waals surface area contributed by atoms with Gasteiger partial charge in [0.1, 0.15) is 5.82 Å². The second-order valence-electron chi connectivity index (χ2n) is 10.5. The molecule has 9 heteroatoms. The van der Waals surface area contributed by atoms with Crippen molar-refractivity contribution in [3.05, 3.63) is 102 Å². The van der Waals surface area contributed by atoms with E-state index in [4.69, 9.17) is 4.98 Å². The monoisotopic (exact) mass is 551 g/mol. The maximum absolute atomic E-state index is 13.9. The first-order valence-electron chi connectivity index (χ1n) is 14.2. The summed E-state index contributed by atoms with van der Waals surface area (Å²) in [5, 5.41) is 12.1. The minimum atomic E-state index is -0.495. The maximum atomic E-state index is 13.9. The lowest BCUT2D eigenvalue weighted by Crippen LogP contribution is -2.44. The number of carbonyl (C=O) groups is 1. The number of nitrogens with one attached hydrogen (secondary N) is 4. The third-order valence-electron chi connectivity index (χ3n) is 7.72. The molecule has 0 bridgehead atoms. The number of anilines is 3. The van der Waals surface area contributed by atoms with Crippen molar-refractivity contribution in [2.45, 2.75) is 18.8 Å². The van der Waals surface area contributed by atoms with Gasteiger partial charge in [-0.05, 0) is 60.3 Å². The van der Waals surface area contributed by atoms with Crippen molar-refractivity contribution in [3.63, 3.8) is 0 Å². The number of aromatic nitrogens is 2. The highest BCUT2D eigenvalue weighted by molar-refractivity contribution is 5.99. The second kappa shape index (κ2) is 12.4. The maximum Gasteiger partial charge on any atom is 0.323 e. The number of urea groups is 1. The van der Waals surface area contributed by atoms with Crippen LogP contribution in [0, 0.1) is 5.82 Å². The standard InChI is InChI=1S/C32H34FN7O/c33-28-8-3-4-9-29(28)38-32(41)37-24-12-10-22(11-13-24)27-20-23-21-36-31(35-14-5-17-40-18-15-34-16-19-40)39-30(23)26-7-2-1-6-25(26)27/h1-4,6-13,21,27,34H,5,14-20H2,(H,35,36,39)(H2,37,38,41). The summed E-state index contributed by atoms with van der Waals surface area (Å²) in [6.45, 7) is 6.27. The van der Waals surface area contributed by atoms with Gasteiger partial charge in [0.15, 0.2) is 0 Å². The van der Waals surface area contributed by atoms with Gasteiger partial charge in [0.25, 0.3) is 0 Å². The Bertz CT molecular complexity index is 1500. The molecule has 210 valence electrons. The third kappa shape index (κ3) is 6.37. The van der Waals surface area contributed by atoms with Gasteiger partial charge < -0.3 is 26.2 Å². The molecule has 6 rings (SSSR count). The summed E-state index contributed by atoms with van der Waals surface area (Å²) in [6.07, 6.45) is 3.79. The van der Waals surface area contributed by atoms with Crippen LogP contribution in [0.25, 0.3) is 11.3 Å². The highest BCUT2D eigenvalue weighted by atomic mass is 19.1. The quantitative estimate of drug-likeness (QED) is 0.222. The molecular formula is C32H34FN7O. The number of hydrogen-bond donors (Lipinski definition) is 4. The summed E-state index contributed by atoms with van der Waals surface area (Å²) < 4.78 is 13.9. The Labute approximate surface area is 239 Å². The van der Waals surface area contributed by atoms with Crippen molar-refractivity contribution in [1.82, 2.24) is 20.2 Å². The zero-order valence-corrected chi connectivity index (χ0v) is 22.9. The number of carbonyl (C=O) groups excluding carboxylic acids is 1. The van der Waals surface area contributed by atoms with Crippen LogP contribution < -0.4 is 21.3 Å². The second-order valence-corrected chi connectivity index (χ2v) is 10.5. The van der Waals surface area contributed by atoms with E-state index in [9.17, 15) is 9.18 Å². The Morgan fingerprint density at radius 1 is 0.976 bits per heavy atom. The lowest BCUT2D eigenvalue weighted by molar-refractivity contribution is 0.240. The van der Waals surface area contributed by atoms with Gasteiger partial charge in [0.2, 0.25) is 5.95 Å². The highest BCUT2D eigenvalue weighted by Crippen LogP contribution is 2.42. The van der Waals surface area contributed by atoms with Gasteiger partial charge in [-0.3, -0.25) is 0 Å². The number of piperazine rings is 1. The molecule has 2 amide bonds. The Morgan fingerprint density at radius 2 is 1.76 bits per heavy atom. The Balaban J connectivity index is 1.12. The molecule has 2 aliphatic rings. The van der Waals surface area contributed by atoms with Crippen LogP contribution in [0.2, 0.25) is 0 Å². The van der Waals surface area contributed by atoms with E-state index in [1.165, 1.54) is 17.7 Å². The molecule has 1 fully saturated rings. The van der Waals surface area contributed by atoms with E-state index in [0.717, 1.165) is 74.5 Å². The fourth-order valence-electron chi connectivity index (χ4n) is 5.60. The zero-order valence-electron chi connectivity index (χ0n) is 22.9. The average Bonchev–Trinajstić information content (AvgIpc) is 3.01. The minimum Gasteiger partial charge on any atom is -0.354 e. The number of rotatable bonds is 8.